The van der Waals surface area contributed by atoms with Crippen molar-refractivity contribution in [3.8, 4) is 11.5 Å². The van der Waals surface area contributed by atoms with Gasteiger partial charge in [-0.1, -0.05) is 6.92 Å². The molecular formula is C12H19NO4S. The smallest absolute Gasteiger partial charge is 0.232 e. The highest BCUT2D eigenvalue weighted by Crippen LogP contribution is 2.30. The monoisotopic (exact) mass is 273 g/mol. The van der Waals surface area contributed by atoms with Crippen LogP contribution < -0.4 is 14.2 Å². The van der Waals surface area contributed by atoms with Gasteiger partial charge >= 0.3 is 0 Å². The molecule has 5 nitrogen and oxygen atoms in total. The molecule has 6 heteroatoms. The Hall–Kier alpha value is -1.43. The molecule has 1 aromatic rings. The summed E-state index contributed by atoms with van der Waals surface area (Å²) in [6.07, 6.45) is 0.573. The first-order chi connectivity index (χ1) is 8.52. The zero-order valence-electron chi connectivity index (χ0n) is 10.9. The molecule has 0 aliphatic carbocycles. The number of methoxy groups -OCH3 is 1. The van der Waals surface area contributed by atoms with Gasteiger partial charge in [0.1, 0.15) is 0 Å². The van der Waals surface area contributed by atoms with Crippen LogP contribution in [0.25, 0.3) is 0 Å². The molecule has 1 aromatic carbocycles. The van der Waals surface area contributed by atoms with Crippen molar-refractivity contribution in [3.05, 3.63) is 18.2 Å². The van der Waals surface area contributed by atoms with Crippen molar-refractivity contribution < 1.29 is 17.9 Å². The van der Waals surface area contributed by atoms with E-state index in [9.17, 15) is 8.42 Å². The summed E-state index contributed by atoms with van der Waals surface area (Å²) in [7, 11) is -1.77. The molecule has 0 fully saturated rings. The van der Waals surface area contributed by atoms with Crippen molar-refractivity contribution in [2.75, 3.05) is 24.2 Å². The van der Waals surface area contributed by atoms with Gasteiger partial charge in [0.05, 0.1) is 25.2 Å². The number of hydrogen-bond acceptors (Lipinski definition) is 4. The van der Waals surface area contributed by atoms with Gasteiger partial charge in [-0.05, 0) is 25.5 Å². The van der Waals surface area contributed by atoms with Crippen molar-refractivity contribution >= 4 is 15.7 Å². The maximum atomic E-state index is 11.6. The molecule has 0 aliphatic heterocycles. The SMILES string of the molecule is CCCS(=O)(=O)Nc1ccc(OCC)c(OC)c1. The second-order valence-corrected chi connectivity index (χ2v) is 5.56. The minimum Gasteiger partial charge on any atom is -0.493 e. The minimum absolute atomic E-state index is 0.0997. The minimum atomic E-state index is -3.28. The third-order valence-corrected chi connectivity index (χ3v) is 3.70. The Balaban J connectivity index is 2.92. The molecule has 18 heavy (non-hydrogen) atoms. The van der Waals surface area contributed by atoms with Crippen LogP contribution in [0.15, 0.2) is 18.2 Å². The normalized spacial score (nSPS) is 11.1. The van der Waals surface area contributed by atoms with Gasteiger partial charge in [0.25, 0.3) is 0 Å². The fraction of sp³-hybridized carbons (Fsp3) is 0.500. The van der Waals surface area contributed by atoms with Gasteiger partial charge in [-0.15, -0.1) is 0 Å². The number of anilines is 1. The Kier molecular flexibility index (Phi) is 5.27. The Morgan fingerprint density at radius 3 is 2.50 bits per heavy atom. The standard InChI is InChI=1S/C12H19NO4S/c1-4-8-18(14,15)13-10-6-7-11(17-5-2)12(9-10)16-3/h6-7,9,13H,4-5,8H2,1-3H3. The van der Waals surface area contributed by atoms with Crippen molar-refractivity contribution in [2.45, 2.75) is 20.3 Å². The Morgan fingerprint density at radius 2 is 1.94 bits per heavy atom. The average Bonchev–Trinajstić information content (AvgIpc) is 2.30. The van der Waals surface area contributed by atoms with Crippen LogP contribution in [0.5, 0.6) is 11.5 Å². The van der Waals surface area contributed by atoms with Crippen LogP contribution >= 0.6 is 0 Å². The lowest BCUT2D eigenvalue weighted by Gasteiger charge is -2.12. The van der Waals surface area contributed by atoms with E-state index in [0.29, 0.717) is 30.2 Å². The lowest BCUT2D eigenvalue weighted by atomic mass is 10.3. The van der Waals surface area contributed by atoms with Crippen LogP contribution in [0, 0.1) is 0 Å². The second-order valence-electron chi connectivity index (χ2n) is 3.72. The fourth-order valence-electron chi connectivity index (χ4n) is 1.51. The molecule has 0 aromatic heterocycles. The van der Waals surface area contributed by atoms with Crippen LogP contribution in [0.4, 0.5) is 5.69 Å². The van der Waals surface area contributed by atoms with E-state index >= 15 is 0 Å². The lowest BCUT2D eigenvalue weighted by molar-refractivity contribution is 0.311. The van der Waals surface area contributed by atoms with Gasteiger partial charge in [-0.3, -0.25) is 4.72 Å². The Labute approximate surface area is 108 Å². The molecule has 1 rings (SSSR count). The van der Waals surface area contributed by atoms with Gasteiger partial charge in [0.15, 0.2) is 11.5 Å². The number of benzene rings is 1. The summed E-state index contributed by atoms with van der Waals surface area (Å²) < 4.78 is 36.3. The average molecular weight is 273 g/mol. The third-order valence-electron chi connectivity index (χ3n) is 2.21. The molecule has 0 atom stereocenters. The highest BCUT2D eigenvalue weighted by Gasteiger charge is 2.11. The molecule has 0 amide bonds. The van der Waals surface area contributed by atoms with E-state index in [1.54, 1.807) is 18.2 Å². The molecule has 1 N–H and O–H groups in total. The second kappa shape index (κ2) is 6.49. The van der Waals surface area contributed by atoms with Crippen molar-refractivity contribution in [1.82, 2.24) is 0 Å². The topological polar surface area (TPSA) is 64.6 Å². The first-order valence-electron chi connectivity index (χ1n) is 5.83. The predicted octanol–water partition coefficient (Wildman–Crippen LogP) is 2.25. The summed E-state index contributed by atoms with van der Waals surface area (Å²) in [6.45, 7) is 4.21. The van der Waals surface area contributed by atoms with E-state index in [1.807, 2.05) is 13.8 Å². The van der Waals surface area contributed by atoms with E-state index in [2.05, 4.69) is 4.72 Å². The third kappa shape index (κ3) is 4.10. The molecular weight excluding hydrogens is 254 g/mol. The number of sulfonamides is 1. The van der Waals surface area contributed by atoms with Gasteiger partial charge in [0, 0.05) is 6.07 Å². The maximum absolute atomic E-state index is 11.6. The van der Waals surface area contributed by atoms with Crippen LogP contribution in [0.3, 0.4) is 0 Å². The summed E-state index contributed by atoms with van der Waals surface area (Å²) in [5, 5.41) is 0. The van der Waals surface area contributed by atoms with Crippen molar-refractivity contribution in [3.63, 3.8) is 0 Å². The highest BCUT2D eigenvalue weighted by atomic mass is 32.2. The molecule has 0 bridgehead atoms. The summed E-state index contributed by atoms with van der Waals surface area (Å²) in [5.74, 6) is 1.20. The van der Waals surface area contributed by atoms with E-state index in [4.69, 9.17) is 9.47 Å². The Bertz CT molecular complexity index is 485. The number of ether oxygens (including phenoxy) is 2. The Morgan fingerprint density at radius 1 is 1.22 bits per heavy atom. The van der Waals surface area contributed by atoms with Gasteiger partial charge in [0.2, 0.25) is 10.0 Å². The number of nitrogens with one attached hydrogen (secondary N) is 1. The highest BCUT2D eigenvalue weighted by molar-refractivity contribution is 7.92. The maximum Gasteiger partial charge on any atom is 0.232 e. The largest absolute Gasteiger partial charge is 0.493 e. The number of rotatable bonds is 7. The molecule has 0 unspecified atom stereocenters. The van der Waals surface area contributed by atoms with Crippen molar-refractivity contribution in [1.29, 1.82) is 0 Å². The van der Waals surface area contributed by atoms with Gasteiger partial charge in [-0.2, -0.15) is 0 Å². The molecule has 0 heterocycles. The summed E-state index contributed by atoms with van der Waals surface area (Å²) in [6, 6.07) is 4.95. The van der Waals surface area contributed by atoms with Crippen LogP contribution in [0.1, 0.15) is 20.3 Å². The van der Waals surface area contributed by atoms with E-state index in [0.717, 1.165) is 0 Å². The first-order valence-corrected chi connectivity index (χ1v) is 7.49. The summed E-state index contributed by atoms with van der Waals surface area (Å²) in [5.41, 5.74) is 0.476. The van der Waals surface area contributed by atoms with E-state index in [1.165, 1.54) is 7.11 Å². The van der Waals surface area contributed by atoms with Crippen LogP contribution in [0.2, 0.25) is 0 Å². The zero-order valence-corrected chi connectivity index (χ0v) is 11.7. The molecule has 0 radical (unpaired) electrons. The van der Waals surface area contributed by atoms with Crippen molar-refractivity contribution in [2.24, 2.45) is 0 Å². The lowest BCUT2D eigenvalue weighted by Crippen LogP contribution is -2.16. The van der Waals surface area contributed by atoms with E-state index in [-0.39, 0.29) is 5.75 Å². The molecule has 102 valence electrons. The molecule has 0 spiro atoms. The summed E-state index contributed by atoms with van der Waals surface area (Å²) >= 11 is 0. The van der Waals surface area contributed by atoms with Gasteiger partial charge < -0.3 is 9.47 Å². The molecule has 0 saturated carbocycles. The van der Waals surface area contributed by atoms with Gasteiger partial charge in [-0.25, -0.2) is 8.42 Å². The predicted molar refractivity (Wildman–Crippen MR) is 71.9 cm³/mol. The molecule has 0 aliphatic rings. The summed E-state index contributed by atoms with van der Waals surface area (Å²) in [4.78, 5) is 0. The molecule has 0 saturated heterocycles. The van der Waals surface area contributed by atoms with Crippen LogP contribution in [-0.4, -0.2) is 27.9 Å². The quantitative estimate of drug-likeness (QED) is 0.827. The zero-order chi connectivity index (χ0) is 13.6. The first kappa shape index (κ1) is 14.6. The van der Waals surface area contributed by atoms with Crippen LogP contribution in [-0.2, 0) is 10.0 Å². The van der Waals surface area contributed by atoms with E-state index < -0.39 is 10.0 Å². The number of hydrogen-bond donors (Lipinski definition) is 1. The fourth-order valence-corrected chi connectivity index (χ4v) is 2.63.